The number of hydrogen-bond acceptors (Lipinski definition) is 1. The Bertz CT molecular complexity index is 408. The molecule has 1 aromatic rings. The van der Waals surface area contributed by atoms with Gasteiger partial charge in [0.25, 0.3) is 5.91 Å². The lowest BCUT2D eigenvalue weighted by Gasteiger charge is -2.11. The van der Waals surface area contributed by atoms with Crippen LogP contribution in [0.3, 0.4) is 0 Å². The first-order chi connectivity index (χ1) is 8.16. The van der Waals surface area contributed by atoms with Crippen LogP contribution in [-0.4, -0.2) is 17.3 Å². The predicted molar refractivity (Wildman–Crippen MR) is 76.5 cm³/mol. The van der Waals surface area contributed by atoms with Crippen LogP contribution in [0.25, 0.3) is 0 Å². The summed E-state index contributed by atoms with van der Waals surface area (Å²) in [6.07, 6.45) is 3.58. The highest BCUT2D eigenvalue weighted by molar-refractivity contribution is 9.10. The molecule has 0 aromatic heterocycles. The Kier molecular flexibility index (Phi) is 4.62. The molecule has 2 atom stereocenters. The van der Waals surface area contributed by atoms with E-state index >= 15 is 0 Å². The van der Waals surface area contributed by atoms with Gasteiger partial charge >= 0.3 is 0 Å². The first-order valence-electron chi connectivity index (χ1n) is 5.83. The van der Waals surface area contributed by atoms with E-state index in [1.54, 1.807) is 0 Å². The largest absolute Gasteiger partial charge is 0.352 e. The molecule has 1 N–H and O–H groups in total. The van der Waals surface area contributed by atoms with E-state index in [4.69, 9.17) is 0 Å². The van der Waals surface area contributed by atoms with E-state index in [1.807, 2.05) is 24.3 Å². The number of nitrogens with one attached hydrogen (secondary N) is 1. The second kappa shape index (κ2) is 6.01. The quantitative estimate of drug-likeness (QED) is 0.817. The van der Waals surface area contributed by atoms with E-state index in [1.165, 1.54) is 12.8 Å². The summed E-state index contributed by atoms with van der Waals surface area (Å²) in [5.74, 6) is 0.626. The highest BCUT2D eigenvalue weighted by Crippen LogP contribution is 2.30. The monoisotopic (exact) mass is 359 g/mol. The summed E-state index contributed by atoms with van der Waals surface area (Å²) < 4.78 is 0.849. The molecule has 2 rings (SSSR count). The topological polar surface area (TPSA) is 29.1 Å². The summed E-state index contributed by atoms with van der Waals surface area (Å²) in [4.78, 5) is 12.6. The Morgan fingerprint density at radius 2 is 2.12 bits per heavy atom. The van der Waals surface area contributed by atoms with Crippen molar-refractivity contribution in [1.82, 2.24) is 5.32 Å². The summed E-state index contributed by atoms with van der Waals surface area (Å²) in [7, 11) is 0. The van der Waals surface area contributed by atoms with Crippen LogP contribution in [0.5, 0.6) is 0 Å². The standard InChI is InChI=1S/C13H15Br2NO/c14-10-6-5-9(7-10)8-16-13(17)11-3-1-2-4-12(11)15/h1-4,9-10H,5-8H2,(H,16,17). The molecule has 0 aliphatic heterocycles. The van der Waals surface area contributed by atoms with E-state index in [9.17, 15) is 4.79 Å². The number of benzene rings is 1. The molecule has 1 aliphatic carbocycles. The molecule has 1 saturated carbocycles. The van der Waals surface area contributed by atoms with Crippen LogP contribution < -0.4 is 5.32 Å². The molecule has 17 heavy (non-hydrogen) atoms. The minimum absolute atomic E-state index is 0.00972. The number of rotatable bonds is 3. The van der Waals surface area contributed by atoms with Gasteiger partial charge in [0.1, 0.15) is 0 Å². The smallest absolute Gasteiger partial charge is 0.252 e. The van der Waals surface area contributed by atoms with Crippen LogP contribution in [0.4, 0.5) is 0 Å². The van der Waals surface area contributed by atoms with Gasteiger partial charge in [-0.2, -0.15) is 0 Å². The molecule has 0 saturated heterocycles. The third-order valence-corrected chi connectivity index (χ3v) is 4.67. The number of carbonyl (C=O) groups excluding carboxylic acids is 1. The van der Waals surface area contributed by atoms with Crippen molar-refractivity contribution < 1.29 is 4.79 Å². The van der Waals surface area contributed by atoms with Crippen LogP contribution >= 0.6 is 31.9 Å². The highest BCUT2D eigenvalue weighted by atomic mass is 79.9. The first-order valence-corrected chi connectivity index (χ1v) is 7.54. The number of amides is 1. The van der Waals surface area contributed by atoms with Gasteiger partial charge in [0.2, 0.25) is 0 Å². The zero-order valence-electron chi connectivity index (χ0n) is 9.46. The van der Waals surface area contributed by atoms with E-state index in [0.717, 1.165) is 17.4 Å². The van der Waals surface area contributed by atoms with Gasteiger partial charge in [-0.3, -0.25) is 4.79 Å². The molecular weight excluding hydrogens is 346 g/mol. The fourth-order valence-electron chi connectivity index (χ4n) is 2.18. The molecule has 2 nitrogen and oxygen atoms in total. The van der Waals surface area contributed by atoms with Crippen LogP contribution in [0.1, 0.15) is 29.6 Å². The van der Waals surface area contributed by atoms with E-state index in [2.05, 4.69) is 37.2 Å². The molecule has 0 heterocycles. The predicted octanol–water partition coefficient (Wildman–Crippen LogP) is 3.74. The van der Waals surface area contributed by atoms with Crippen molar-refractivity contribution in [3.05, 3.63) is 34.3 Å². The molecule has 92 valence electrons. The molecule has 2 unspecified atom stereocenters. The fourth-order valence-corrected chi connectivity index (χ4v) is 3.43. The van der Waals surface area contributed by atoms with Gasteiger partial charge in [0.15, 0.2) is 0 Å². The maximum Gasteiger partial charge on any atom is 0.252 e. The summed E-state index contributed by atoms with van der Waals surface area (Å²) in [6.45, 7) is 0.780. The average Bonchev–Trinajstić information content (AvgIpc) is 2.73. The zero-order chi connectivity index (χ0) is 12.3. The van der Waals surface area contributed by atoms with Crippen LogP contribution in [0.2, 0.25) is 0 Å². The van der Waals surface area contributed by atoms with Crippen molar-refractivity contribution in [1.29, 1.82) is 0 Å². The minimum atomic E-state index is 0.00972. The van der Waals surface area contributed by atoms with Crippen molar-refractivity contribution in [3.8, 4) is 0 Å². The van der Waals surface area contributed by atoms with E-state index < -0.39 is 0 Å². The summed E-state index contributed by atoms with van der Waals surface area (Å²) in [5, 5.41) is 3.01. The van der Waals surface area contributed by atoms with E-state index in [-0.39, 0.29) is 5.91 Å². The van der Waals surface area contributed by atoms with Crippen molar-refractivity contribution in [3.63, 3.8) is 0 Å². The number of alkyl halides is 1. The second-order valence-corrected chi connectivity index (χ2v) is 6.62. The minimum Gasteiger partial charge on any atom is -0.352 e. The second-order valence-electron chi connectivity index (χ2n) is 4.47. The third-order valence-electron chi connectivity index (χ3n) is 3.15. The molecular formula is C13H15Br2NO. The third kappa shape index (κ3) is 3.55. The summed E-state index contributed by atoms with van der Waals surface area (Å²) in [6, 6.07) is 7.51. The Hall–Kier alpha value is -0.350. The van der Waals surface area contributed by atoms with Gasteiger partial charge in [-0.25, -0.2) is 0 Å². The molecule has 0 radical (unpaired) electrons. The lowest BCUT2D eigenvalue weighted by atomic mass is 10.1. The maximum absolute atomic E-state index is 12.0. The molecule has 1 amide bonds. The SMILES string of the molecule is O=C(NCC1CCC(Br)C1)c1ccccc1Br. The Morgan fingerprint density at radius 1 is 1.35 bits per heavy atom. The van der Waals surface area contributed by atoms with E-state index in [0.29, 0.717) is 16.3 Å². The normalized spacial score (nSPS) is 23.6. The number of hydrogen-bond donors (Lipinski definition) is 1. The van der Waals surface area contributed by atoms with Gasteiger partial charge in [0, 0.05) is 15.8 Å². The number of carbonyl (C=O) groups is 1. The Morgan fingerprint density at radius 3 is 2.76 bits per heavy atom. The van der Waals surface area contributed by atoms with Crippen molar-refractivity contribution in [2.45, 2.75) is 24.1 Å². The first kappa shape index (κ1) is 13.1. The molecule has 1 aromatic carbocycles. The molecule has 1 fully saturated rings. The average molecular weight is 361 g/mol. The highest BCUT2D eigenvalue weighted by Gasteiger charge is 2.23. The lowest BCUT2D eigenvalue weighted by Crippen LogP contribution is -2.28. The van der Waals surface area contributed by atoms with Crippen molar-refractivity contribution in [2.75, 3.05) is 6.54 Å². The van der Waals surface area contributed by atoms with Gasteiger partial charge in [0.05, 0.1) is 5.56 Å². The lowest BCUT2D eigenvalue weighted by molar-refractivity contribution is 0.0946. The summed E-state index contributed by atoms with van der Waals surface area (Å²) >= 11 is 7.01. The maximum atomic E-state index is 12.0. The van der Waals surface area contributed by atoms with Crippen molar-refractivity contribution in [2.24, 2.45) is 5.92 Å². The van der Waals surface area contributed by atoms with Gasteiger partial charge < -0.3 is 5.32 Å². The molecule has 0 spiro atoms. The summed E-state index contributed by atoms with van der Waals surface area (Å²) in [5.41, 5.74) is 0.709. The van der Waals surface area contributed by atoms with Crippen LogP contribution in [-0.2, 0) is 0 Å². The van der Waals surface area contributed by atoms with Crippen molar-refractivity contribution >= 4 is 37.8 Å². The Labute approximate surface area is 118 Å². The van der Waals surface area contributed by atoms with Gasteiger partial charge in [-0.05, 0) is 53.2 Å². The Balaban J connectivity index is 1.88. The van der Waals surface area contributed by atoms with Crippen LogP contribution in [0.15, 0.2) is 28.7 Å². The number of halogens is 2. The van der Waals surface area contributed by atoms with Gasteiger partial charge in [-0.15, -0.1) is 0 Å². The molecule has 1 aliphatic rings. The molecule has 4 heteroatoms. The van der Waals surface area contributed by atoms with Crippen LogP contribution in [0, 0.1) is 5.92 Å². The molecule has 0 bridgehead atoms. The zero-order valence-corrected chi connectivity index (χ0v) is 12.6. The fraction of sp³-hybridized carbons (Fsp3) is 0.462. The van der Waals surface area contributed by atoms with Gasteiger partial charge in [-0.1, -0.05) is 28.1 Å².